The van der Waals surface area contributed by atoms with E-state index in [0.29, 0.717) is 23.0 Å². The number of carbonyl (C=O) groups excluding carboxylic acids is 2. The van der Waals surface area contributed by atoms with Gasteiger partial charge in [-0.05, 0) is 37.5 Å². The van der Waals surface area contributed by atoms with Crippen LogP contribution in [0.25, 0.3) is 0 Å². The molecule has 1 aliphatic carbocycles. The Morgan fingerprint density at radius 3 is 2.84 bits per heavy atom. The van der Waals surface area contributed by atoms with E-state index in [9.17, 15) is 9.59 Å². The van der Waals surface area contributed by atoms with Gasteiger partial charge in [0.25, 0.3) is 5.91 Å². The van der Waals surface area contributed by atoms with Gasteiger partial charge < -0.3 is 15.4 Å². The predicted octanol–water partition coefficient (Wildman–Crippen LogP) is 2.00. The molecule has 0 unspecified atom stereocenters. The highest BCUT2D eigenvalue weighted by molar-refractivity contribution is 5.99. The van der Waals surface area contributed by atoms with Gasteiger partial charge in [0.1, 0.15) is 5.75 Å². The Kier molecular flexibility index (Phi) is 2.69. The summed E-state index contributed by atoms with van der Waals surface area (Å²) in [5.74, 6) is 1.10. The van der Waals surface area contributed by atoms with E-state index >= 15 is 0 Å². The second-order valence-corrected chi connectivity index (χ2v) is 5.27. The molecular formula is C14H16N2O3. The largest absolute Gasteiger partial charge is 0.479 e. The first-order valence-corrected chi connectivity index (χ1v) is 6.47. The van der Waals surface area contributed by atoms with Crippen molar-refractivity contribution in [1.29, 1.82) is 0 Å². The number of nitrogens with one attached hydrogen (secondary N) is 2. The molecule has 1 aliphatic heterocycles. The lowest BCUT2D eigenvalue weighted by Crippen LogP contribution is -2.34. The molecule has 2 amide bonds. The Bertz CT molecular complexity index is 556. The van der Waals surface area contributed by atoms with Gasteiger partial charge in [0, 0.05) is 11.6 Å². The minimum Gasteiger partial charge on any atom is -0.479 e. The number of rotatable bonds is 2. The lowest BCUT2D eigenvalue weighted by molar-refractivity contribution is -0.122. The van der Waals surface area contributed by atoms with Crippen LogP contribution < -0.4 is 15.4 Å². The van der Waals surface area contributed by atoms with Crippen LogP contribution in [0.4, 0.5) is 11.4 Å². The molecule has 5 nitrogen and oxygen atoms in total. The Morgan fingerprint density at radius 1 is 1.42 bits per heavy atom. The summed E-state index contributed by atoms with van der Waals surface area (Å²) in [5.41, 5.74) is 1.28. The van der Waals surface area contributed by atoms with Gasteiger partial charge >= 0.3 is 0 Å². The lowest BCUT2D eigenvalue weighted by atomic mass is 10.2. The fraction of sp³-hybridized carbons (Fsp3) is 0.429. The van der Waals surface area contributed by atoms with Crippen molar-refractivity contribution >= 4 is 23.2 Å². The molecule has 1 aromatic rings. The second-order valence-electron chi connectivity index (χ2n) is 5.27. The highest BCUT2D eigenvalue weighted by atomic mass is 16.5. The summed E-state index contributed by atoms with van der Waals surface area (Å²) < 4.78 is 5.46. The Hall–Kier alpha value is -2.04. The molecule has 5 heteroatoms. The quantitative estimate of drug-likeness (QED) is 0.854. The van der Waals surface area contributed by atoms with Gasteiger partial charge in [-0.2, -0.15) is 0 Å². The highest BCUT2D eigenvalue weighted by Crippen LogP contribution is 2.39. The van der Waals surface area contributed by atoms with Crippen LogP contribution in [0.15, 0.2) is 18.2 Å². The molecule has 0 radical (unpaired) electrons. The summed E-state index contributed by atoms with van der Waals surface area (Å²) in [7, 11) is 0. The molecular weight excluding hydrogens is 244 g/mol. The van der Waals surface area contributed by atoms with Crippen molar-refractivity contribution in [2.75, 3.05) is 10.6 Å². The van der Waals surface area contributed by atoms with Crippen molar-refractivity contribution < 1.29 is 14.3 Å². The van der Waals surface area contributed by atoms with Gasteiger partial charge in [0.15, 0.2) is 6.10 Å². The number of carbonyl (C=O) groups is 2. The first-order valence-electron chi connectivity index (χ1n) is 6.47. The Morgan fingerprint density at radius 2 is 2.16 bits per heavy atom. The van der Waals surface area contributed by atoms with Crippen LogP contribution in [-0.2, 0) is 9.59 Å². The molecule has 0 aromatic heterocycles. The SMILES string of the molecule is C[C@@H]1Oc2ccc(NC(=O)[C@H]3C[C@H]3C)cc2NC1=O. The summed E-state index contributed by atoms with van der Waals surface area (Å²) in [4.78, 5) is 23.4. The third-order valence-electron chi connectivity index (χ3n) is 3.62. The molecule has 0 spiro atoms. The standard InChI is InChI=1S/C14H16N2O3/c1-7-5-10(7)14(18)15-9-3-4-12-11(6-9)16-13(17)8(2)19-12/h3-4,6-8,10H,5H2,1-2H3,(H,15,18)(H,16,17)/t7-,8+,10+/m1/s1. The Labute approximate surface area is 111 Å². The minimum absolute atomic E-state index is 0.0453. The molecule has 1 heterocycles. The van der Waals surface area contributed by atoms with E-state index < -0.39 is 6.10 Å². The van der Waals surface area contributed by atoms with Crippen LogP contribution in [0.1, 0.15) is 20.3 Å². The van der Waals surface area contributed by atoms with Crippen LogP contribution in [0.5, 0.6) is 5.75 Å². The molecule has 0 bridgehead atoms. The number of anilines is 2. The zero-order valence-electron chi connectivity index (χ0n) is 10.9. The van der Waals surface area contributed by atoms with Crippen molar-refractivity contribution in [3.63, 3.8) is 0 Å². The third kappa shape index (κ3) is 2.28. The maximum Gasteiger partial charge on any atom is 0.265 e. The molecule has 2 N–H and O–H groups in total. The van der Waals surface area contributed by atoms with E-state index in [1.165, 1.54) is 0 Å². The highest BCUT2D eigenvalue weighted by Gasteiger charge is 2.39. The normalized spacial score (nSPS) is 27.9. The molecule has 2 aliphatic rings. The van der Waals surface area contributed by atoms with E-state index in [-0.39, 0.29) is 17.7 Å². The van der Waals surface area contributed by atoms with Gasteiger partial charge in [-0.1, -0.05) is 6.92 Å². The number of benzene rings is 1. The molecule has 3 atom stereocenters. The summed E-state index contributed by atoms with van der Waals surface area (Å²) in [6.07, 6.45) is 0.467. The fourth-order valence-corrected chi connectivity index (χ4v) is 2.21. The molecule has 1 saturated carbocycles. The third-order valence-corrected chi connectivity index (χ3v) is 3.62. The number of hydrogen-bond acceptors (Lipinski definition) is 3. The van der Waals surface area contributed by atoms with Crippen LogP contribution in [0, 0.1) is 11.8 Å². The Balaban J connectivity index is 1.76. The minimum atomic E-state index is -0.486. The van der Waals surface area contributed by atoms with Crippen LogP contribution >= 0.6 is 0 Å². The van der Waals surface area contributed by atoms with Crippen molar-refractivity contribution in [3.05, 3.63) is 18.2 Å². The average molecular weight is 260 g/mol. The van der Waals surface area contributed by atoms with Crippen LogP contribution in [0.2, 0.25) is 0 Å². The number of fused-ring (bicyclic) bond motifs is 1. The zero-order chi connectivity index (χ0) is 13.6. The number of amides is 2. The fourth-order valence-electron chi connectivity index (χ4n) is 2.21. The predicted molar refractivity (Wildman–Crippen MR) is 71.1 cm³/mol. The van der Waals surface area contributed by atoms with Crippen molar-refractivity contribution in [1.82, 2.24) is 0 Å². The zero-order valence-corrected chi connectivity index (χ0v) is 10.9. The lowest BCUT2D eigenvalue weighted by Gasteiger charge is -2.23. The summed E-state index contributed by atoms with van der Waals surface area (Å²) >= 11 is 0. The van der Waals surface area contributed by atoms with E-state index in [0.717, 1.165) is 6.42 Å². The van der Waals surface area contributed by atoms with Gasteiger partial charge in [0.05, 0.1) is 5.69 Å². The smallest absolute Gasteiger partial charge is 0.265 e. The first kappa shape index (κ1) is 12.0. The molecule has 1 aromatic carbocycles. The molecule has 3 rings (SSSR count). The van der Waals surface area contributed by atoms with Gasteiger partial charge in [-0.15, -0.1) is 0 Å². The topological polar surface area (TPSA) is 67.4 Å². The van der Waals surface area contributed by atoms with E-state index in [2.05, 4.69) is 17.6 Å². The maximum atomic E-state index is 11.8. The first-order chi connectivity index (χ1) is 9.04. The monoisotopic (exact) mass is 260 g/mol. The van der Waals surface area contributed by atoms with Crippen molar-refractivity contribution in [2.24, 2.45) is 11.8 Å². The summed E-state index contributed by atoms with van der Waals surface area (Å²) in [5, 5.41) is 5.63. The molecule has 100 valence electrons. The number of hydrogen-bond donors (Lipinski definition) is 2. The van der Waals surface area contributed by atoms with Gasteiger partial charge in [-0.25, -0.2) is 0 Å². The average Bonchev–Trinajstić information content (AvgIpc) is 3.08. The van der Waals surface area contributed by atoms with Crippen molar-refractivity contribution in [2.45, 2.75) is 26.4 Å². The molecule has 19 heavy (non-hydrogen) atoms. The van der Waals surface area contributed by atoms with E-state index in [4.69, 9.17) is 4.74 Å². The van der Waals surface area contributed by atoms with Gasteiger partial charge in [0.2, 0.25) is 5.91 Å². The number of ether oxygens (including phenoxy) is 1. The molecule has 1 fully saturated rings. The van der Waals surface area contributed by atoms with Gasteiger partial charge in [-0.3, -0.25) is 9.59 Å². The van der Waals surface area contributed by atoms with Crippen molar-refractivity contribution in [3.8, 4) is 5.75 Å². The van der Waals surface area contributed by atoms with E-state index in [1.54, 1.807) is 25.1 Å². The van der Waals surface area contributed by atoms with E-state index in [1.807, 2.05) is 0 Å². The summed E-state index contributed by atoms with van der Waals surface area (Å²) in [6.45, 7) is 3.76. The second kappa shape index (κ2) is 4.26. The summed E-state index contributed by atoms with van der Waals surface area (Å²) in [6, 6.07) is 5.27. The van der Waals surface area contributed by atoms with Crippen LogP contribution in [0.3, 0.4) is 0 Å². The maximum absolute atomic E-state index is 11.8. The molecule has 0 saturated heterocycles. The van der Waals surface area contributed by atoms with Crippen LogP contribution in [-0.4, -0.2) is 17.9 Å².